The van der Waals surface area contributed by atoms with Crippen LogP contribution >= 0.6 is 11.3 Å². The molecule has 9 heteroatoms. The van der Waals surface area contributed by atoms with Crippen molar-refractivity contribution in [1.29, 1.82) is 0 Å². The van der Waals surface area contributed by atoms with Gasteiger partial charge in [0.15, 0.2) is 5.78 Å². The zero-order chi connectivity index (χ0) is 32.8. The van der Waals surface area contributed by atoms with Crippen LogP contribution < -0.4 is 4.74 Å². The first-order chi connectivity index (χ1) is 21.7. The lowest BCUT2D eigenvalue weighted by molar-refractivity contribution is -0.173. The van der Waals surface area contributed by atoms with Gasteiger partial charge in [-0.25, -0.2) is 8.42 Å². The van der Waals surface area contributed by atoms with Crippen molar-refractivity contribution >= 4 is 27.1 Å². The summed E-state index contributed by atoms with van der Waals surface area (Å²) >= 11 is 1.61. The number of aliphatic hydroxyl groups is 2. The average Bonchev–Trinajstić information content (AvgIpc) is 3.64. The van der Waals surface area contributed by atoms with Crippen LogP contribution in [0, 0.1) is 33.5 Å². The van der Waals surface area contributed by atoms with Gasteiger partial charge in [-0.15, -0.1) is 11.3 Å². The van der Waals surface area contributed by atoms with Gasteiger partial charge in [0.1, 0.15) is 5.75 Å². The van der Waals surface area contributed by atoms with Crippen LogP contribution in [0.3, 0.4) is 0 Å². The van der Waals surface area contributed by atoms with Crippen LogP contribution in [0.15, 0.2) is 65.6 Å². The summed E-state index contributed by atoms with van der Waals surface area (Å²) in [6.45, 7) is 4.89. The number of Topliss-reactive ketones (excluding diaryl/α,β-unsaturated/α-hetero) is 1. The number of allylic oxidation sites excluding steroid dienone is 4. The van der Waals surface area contributed by atoms with Gasteiger partial charge >= 0.3 is 0 Å². The Morgan fingerprint density at radius 3 is 2.39 bits per heavy atom. The maximum absolute atomic E-state index is 14.7. The Labute approximate surface area is 277 Å². The molecule has 2 bridgehead atoms. The van der Waals surface area contributed by atoms with E-state index >= 15 is 0 Å². The summed E-state index contributed by atoms with van der Waals surface area (Å²) in [6.07, 6.45) is 13.2. The van der Waals surface area contributed by atoms with Crippen LogP contribution in [0.25, 0.3) is 0 Å². The molecular weight excluding hydrogens is 619 g/mol. The maximum atomic E-state index is 14.7. The van der Waals surface area contributed by atoms with Gasteiger partial charge in [0.25, 0.3) is 0 Å². The molecule has 6 aliphatic rings. The highest BCUT2D eigenvalue weighted by Crippen LogP contribution is 2.78. The molecule has 1 heterocycles. The third-order valence-corrected chi connectivity index (χ3v) is 15.6. The summed E-state index contributed by atoms with van der Waals surface area (Å²) in [5.41, 5.74) is -1.60. The molecular formula is C37H47NO6S2. The molecule has 1 aromatic heterocycles. The van der Waals surface area contributed by atoms with E-state index in [4.69, 9.17) is 4.74 Å². The van der Waals surface area contributed by atoms with Crippen LogP contribution in [-0.4, -0.2) is 66.9 Å². The number of nitrogens with zero attached hydrogens (tertiary/aromatic N) is 1. The second-order valence-corrected chi connectivity index (χ2v) is 18.3. The van der Waals surface area contributed by atoms with Gasteiger partial charge < -0.3 is 14.9 Å². The SMILES string of the molecule is COc1ccc(C(=O)C2=C[C@@]34C=C[C@@]25[C@@H]2CC[C@@](O)(CN(CCc6cccs6)S(C)(=O)=O)[C@@]2(C)CC[C@@H]5[C@@]3(C)CCC(O)C4)cc1. The fourth-order valence-electron chi connectivity index (χ4n) is 10.8. The van der Waals surface area contributed by atoms with Crippen molar-refractivity contribution in [3.05, 3.63) is 76.0 Å². The van der Waals surface area contributed by atoms with Crippen LogP contribution in [0.2, 0.25) is 0 Å². The van der Waals surface area contributed by atoms with Crippen molar-refractivity contribution in [3.8, 4) is 5.75 Å². The number of aliphatic hydroxyl groups excluding tert-OH is 1. The van der Waals surface area contributed by atoms with E-state index in [1.807, 2.05) is 41.8 Å². The Balaban J connectivity index is 1.30. The van der Waals surface area contributed by atoms with Crippen molar-refractivity contribution in [2.45, 2.75) is 76.9 Å². The molecule has 1 unspecified atom stereocenters. The Morgan fingerprint density at radius 2 is 1.72 bits per heavy atom. The number of ketones is 1. The molecule has 46 heavy (non-hydrogen) atoms. The zero-order valence-electron chi connectivity index (χ0n) is 27.4. The summed E-state index contributed by atoms with van der Waals surface area (Å²) in [7, 11) is -1.97. The van der Waals surface area contributed by atoms with E-state index in [2.05, 4.69) is 32.1 Å². The van der Waals surface area contributed by atoms with Crippen molar-refractivity contribution in [2.75, 3.05) is 26.5 Å². The predicted octanol–water partition coefficient (Wildman–Crippen LogP) is 6.03. The number of ether oxygens (including phenoxy) is 1. The van der Waals surface area contributed by atoms with E-state index in [9.17, 15) is 23.4 Å². The number of rotatable bonds is 9. The Bertz CT molecular complexity index is 1680. The monoisotopic (exact) mass is 665 g/mol. The van der Waals surface area contributed by atoms with E-state index in [-0.39, 0.29) is 29.6 Å². The fraction of sp³-hybridized carbons (Fsp3) is 0.595. The molecule has 8 atom stereocenters. The fourth-order valence-corrected chi connectivity index (χ4v) is 12.4. The van der Waals surface area contributed by atoms with Gasteiger partial charge in [0.2, 0.25) is 10.0 Å². The van der Waals surface area contributed by atoms with Gasteiger partial charge in [0.05, 0.1) is 25.1 Å². The molecule has 2 spiro atoms. The third kappa shape index (κ3) is 4.51. The minimum Gasteiger partial charge on any atom is -0.497 e. The number of thiophene rings is 1. The molecule has 7 nitrogen and oxygen atoms in total. The minimum atomic E-state index is -3.58. The van der Waals surface area contributed by atoms with Gasteiger partial charge in [-0.3, -0.25) is 4.79 Å². The molecule has 3 saturated carbocycles. The lowest BCUT2D eigenvalue weighted by Crippen LogP contribution is -2.67. The molecule has 6 aliphatic carbocycles. The first-order valence-corrected chi connectivity index (χ1v) is 19.4. The van der Waals surface area contributed by atoms with E-state index in [1.165, 1.54) is 10.6 Å². The number of fused-ring (bicyclic) bond motifs is 1. The molecule has 3 fully saturated rings. The van der Waals surface area contributed by atoms with E-state index in [0.717, 1.165) is 36.1 Å². The Morgan fingerprint density at radius 1 is 1.02 bits per heavy atom. The van der Waals surface area contributed by atoms with E-state index in [0.29, 0.717) is 43.5 Å². The minimum absolute atomic E-state index is 0.00751. The number of hydrogen-bond acceptors (Lipinski definition) is 7. The number of carbonyl (C=O) groups is 1. The highest BCUT2D eigenvalue weighted by molar-refractivity contribution is 7.88. The van der Waals surface area contributed by atoms with Crippen LogP contribution in [0.1, 0.15) is 74.0 Å². The van der Waals surface area contributed by atoms with Crippen molar-refractivity contribution in [2.24, 2.45) is 33.5 Å². The smallest absolute Gasteiger partial charge is 0.211 e. The number of carbonyl (C=O) groups excluding carboxylic acids is 1. The summed E-state index contributed by atoms with van der Waals surface area (Å²) in [5.74, 6) is 0.805. The second kappa shape index (κ2) is 10.9. The second-order valence-electron chi connectivity index (χ2n) is 15.3. The largest absolute Gasteiger partial charge is 0.497 e. The number of benzene rings is 1. The first-order valence-electron chi connectivity index (χ1n) is 16.7. The quantitative estimate of drug-likeness (QED) is 0.250. The van der Waals surface area contributed by atoms with E-state index in [1.54, 1.807) is 18.4 Å². The van der Waals surface area contributed by atoms with Gasteiger partial charge in [-0.2, -0.15) is 4.31 Å². The molecule has 0 aliphatic heterocycles. The molecule has 2 N–H and O–H groups in total. The Kier molecular flexibility index (Phi) is 7.61. The third-order valence-electron chi connectivity index (χ3n) is 13.4. The molecule has 2 aromatic rings. The average molecular weight is 666 g/mol. The summed E-state index contributed by atoms with van der Waals surface area (Å²) < 4.78 is 33.1. The van der Waals surface area contributed by atoms with E-state index < -0.39 is 38.0 Å². The summed E-state index contributed by atoms with van der Waals surface area (Å²) in [5, 5.41) is 25.6. The predicted molar refractivity (Wildman–Crippen MR) is 180 cm³/mol. The summed E-state index contributed by atoms with van der Waals surface area (Å²) in [4.78, 5) is 15.8. The molecule has 0 radical (unpaired) electrons. The maximum Gasteiger partial charge on any atom is 0.211 e. The molecule has 248 valence electrons. The van der Waals surface area contributed by atoms with Gasteiger partial charge in [0, 0.05) is 45.3 Å². The highest BCUT2D eigenvalue weighted by atomic mass is 32.2. The van der Waals surface area contributed by atoms with Gasteiger partial charge in [-0.05, 0) is 104 Å². The number of methoxy groups -OCH3 is 1. The normalized spacial score (nSPS) is 39.5. The first kappa shape index (κ1) is 32.3. The van der Waals surface area contributed by atoms with Gasteiger partial charge in [-0.1, -0.05) is 38.1 Å². The number of sulfonamides is 1. The topological polar surface area (TPSA) is 104 Å². The van der Waals surface area contributed by atoms with Crippen molar-refractivity contribution in [1.82, 2.24) is 4.31 Å². The Hall–Kier alpha value is -2.30. The molecule has 1 aromatic carbocycles. The zero-order valence-corrected chi connectivity index (χ0v) is 29.0. The standard InChI is InChI=1S/C37H47NO6S2/c1-33-15-11-26(39)22-35(33)18-19-37(29(23-35)32(40)25-7-9-27(44-3)10-8-25)30(33)12-16-34(2)31(37)13-17-36(34,41)24-38(46(4,42)43)20-14-28-6-5-21-45-28/h5-10,18-19,21,23,26,30-31,39,41H,11-17,20,22,24H2,1-4H3/t26?,30-,31-,33-,34+,35+,36-,37-/m1/s1. The molecule has 8 rings (SSSR count). The molecule has 0 saturated heterocycles. The lowest BCUT2D eigenvalue weighted by Gasteiger charge is -2.71. The summed E-state index contributed by atoms with van der Waals surface area (Å²) in [6, 6.07) is 11.3. The van der Waals surface area contributed by atoms with Crippen molar-refractivity contribution < 1.29 is 28.2 Å². The number of hydrogen-bond donors (Lipinski definition) is 2. The lowest BCUT2D eigenvalue weighted by atomic mass is 9.32. The highest BCUT2D eigenvalue weighted by Gasteiger charge is 2.74. The van der Waals surface area contributed by atoms with Crippen LogP contribution in [0.5, 0.6) is 5.75 Å². The van der Waals surface area contributed by atoms with Crippen molar-refractivity contribution in [3.63, 3.8) is 0 Å². The van der Waals surface area contributed by atoms with Crippen LogP contribution in [0.4, 0.5) is 0 Å². The molecule has 0 amide bonds. The van der Waals surface area contributed by atoms with Crippen LogP contribution in [-0.2, 0) is 16.4 Å².